The Morgan fingerprint density at radius 2 is 2.00 bits per heavy atom. The quantitative estimate of drug-likeness (QED) is 0.323. The first-order chi connectivity index (χ1) is 11.6. The third-order valence-corrected chi connectivity index (χ3v) is 3.82. The van der Waals surface area contributed by atoms with Gasteiger partial charge in [-0.05, 0) is 25.0 Å². The van der Waals surface area contributed by atoms with E-state index in [2.05, 4.69) is 12.1 Å². The Labute approximate surface area is 145 Å². The monoisotopic (exact) mass is 335 g/mol. The molecule has 5 heteroatoms. The lowest BCUT2D eigenvalue weighted by atomic mass is 10.0. The van der Waals surface area contributed by atoms with Crippen LogP contribution < -0.4 is 9.47 Å². The number of hydrogen-bond donors (Lipinski definition) is 0. The second-order valence-corrected chi connectivity index (χ2v) is 5.66. The van der Waals surface area contributed by atoms with Gasteiger partial charge < -0.3 is 14.3 Å². The van der Waals surface area contributed by atoms with Crippen LogP contribution in [0, 0.1) is 0 Å². The molecule has 1 rings (SSSR count). The minimum absolute atomic E-state index is 0.163. The number of oxime groups is 1. The first kappa shape index (κ1) is 20.0. The third kappa shape index (κ3) is 7.02. The molecule has 1 aromatic rings. The van der Waals surface area contributed by atoms with E-state index in [-0.39, 0.29) is 11.9 Å². The Bertz CT molecular complexity index is 528. The molecule has 0 saturated carbocycles. The first-order valence-electron chi connectivity index (χ1n) is 8.57. The van der Waals surface area contributed by atoms with Crippen molar-refractivity contribution in [3.05, 3.63) is 23.8 Å². The highest BCUT2D eigenvalue weighted by Crippen LogP contribution is 2.23. The molecule has 0 aromatic heterocycles. The molecule has 0 N–H and O–H groups in total. The SMILES string of the molecule is CCCCC[C@H](CC(=O)CC)O/N=C/c1ccc(OC)cc1OC. The third-order valence-electron chi connectivity index (χ3n) is 3.82. The molecule has 0 fully saturated rings. The summed E-state index contributed by atoms with van der Waals surface area (Å²) in [5, 5.41) is 4.07. The summed E-state index contributed by atoms with van der Waals surface area (Å²) in [6.07, 6.45) is 6.56. The number of benzene rings is 1. The molecule has 0 unspecified atom stereocenters. The van der Waals surface area contributed by atoms with Gasteiger partial charge in [-0.3, -0.25) is 4.79 Å². The highest BCUT2D eigenvalue weighted by Gasteiger charge is 2.14. The van der Waals surface area contributed by atoms with E-state index in [9.17, 15) is 4.79 Å². The van der Waals surface area contributed by atoms with Crippen LogP contribution in [-0.4, -0.2) is 32.3 Å². The molecule has 0 aliphatic carbocycles. The number of ether oxygens (including phenoxy) is 2. The first-order valence-corrected chi connectivity index (χ1v) is 8.57. The number of carbonyl (C=O) groups is 1. The van der Waals surface area contributed by atoms with Crippen LogP contribution in [0.3, 0.4) is 0 Å². The maximum Gasteiger partial charge on any atom is 0.136 e. The number of hydrogen-bond acceptors (Lipinski definition) is 5. The lowest BCUT2D eigenvalue weighted by molar-refractivity contribution is -0.121. The second kappa shape index (κ2) is 11.5. The molecular weight excluding hydrogens is 306 g/mol. The minimum Gasteiger partial charge on any atom is -0.497 e. The van der Waals surface area contributed by atoms with Crippen molar-refractivity contribution in [3.8, 4) is 11.5 Å². The van der Waals surface area contributed by atoms with Crippen molar-refractivity contribution in [1.82, 2.24) is 0 Å². The summed E-state index contributed by atoms with van der Waals surface area (Å²) in [7, 11) is 3.21. The van der Waals surface area contributed by atoms with Crippen molar-refractivity contribution in [1.29, 1.82) is 0 Å². The van der Waals surface area contributed by atoms with Crippen LogP contribution in [0.25, 0.3) is 0 Å². The molecule has 134 valence electrons. The van der Waals surface area contributed by atoms with Crippen molar-refractivity contribution >= 4 is 12.0 Å². The zero-order valence-corrected chi connectivity index (χ0v) is 15.2. The Morgan fingerprint density at radius 3 is 2.62 bits per heavy atom. The summed E-state index contributed by atoms with van der Waals surface area (Å²) < 4.78 is 10.5. The normalized spacial score (nSPS) is 12.2. The molecule has 0 radical (unpaired) electrons. The van der Waals surface area contributed by atoms with Crippen molar-refractivity contribution in [2.24, 2.45) is 5.16 Å². The van der Waals surface area contributed by atoms with E-state index in [1.165, 1.54) is 0 Å². The molecular formula is C19H29NO4. The standard InChI is InChI=1S/C19H29NO4/c1-5-7-8-9-18(12-16(21)6-2)24-20-14-15-10-11-17(22-3)13-19(15)23-4/h10-11,13-14,18H,5-9,12H2,1-4H3/b20-14+/t18-/m1/s1. The van der Waals surface area contributed by atoms with E-state index in [0.29, 0.717) is 18.6 Å². The van der Waals surface area contributed by atoms with E-state index in [4.69, 9.17) is 14.3 Å². The maximum atomic E-state index is 11.7. The van der Waals surface area contributed by atoms with E-state index < -0.39 is 0 Å². The van der Waals surface area contributed by atoms with E-state index in [1.54, 1.807) is 26.5 Å². The molecule has 0 saturated heterocycles. The number of unbranched alkanes of at least 4 members (excludes halogenated alkanes) is 2. The van der Waals surface area contributed by atoms with Gasteiger partial charge in [0.15, 0.2) is 0 Å². The van der Waals surface area contributed by atoms with Gasteiger partial charge in [0.05, 0.1) is 20.4 Å². The number of Topliss-reactive ketones (excluding diaryl/α,β-unsaturated/α-hetero) is 1. The van der Waals surface area contributed by atoms with Gasteiger partial charge >= 0.3 is 0 Å². The molecule has 0 amide bonds. The summed E-state index contributed by atoms with van der Waals surface area (Å²) >= 11 is 0. The van der Waals surface area contributed by atoms with Crippen molar-refractivity contribution in [2.45, 2.75) is 58.5 Å². The van der Waals surface area contributed by atoms with E-state index >= 15 is 0 Å². The number of ketones is 1. The van der Waals surface area contributed by atoms with Gasteiger partial charge in [-0.1, -0.05) is 31.8 Å². The van der Waals surface area contributed by atoms with Gasteiger partial charge in [0.25, 0.3) is 0 Å². The Kier molecular flexibility index (Phi) is 9.58. The molecule has 0 bridgehead atoms. The van der Waals surface area contributed by atoms with Crippen LogP contribution >= 0.6 is 0 Å². The van der Waals surface area contributed by atoms with Crippen molar-refractivity contribution in [2.75, 3.05) is 14.2 Å². The minimum atomic E-state index is -0.163. The fourth-order valence-corrected chi connectivity index (χ4v) is 2.31. The fraction of sp³-hybridized carbons (Fsp3) is 0.579. The molecule has 1 aromatic carbocycles. The van der Waals surface area contributed by atoms with Crippen molar-refractivity contribution < 1.29 is 19.1 Å². The molecule has 0 aliphatic rings. The van der Waals surface area contributed by atoms with Crippen LogP contribution in [-0.2, 0) is 9.63 Å². The van der Waals surface area contributed by atoms with Gasteiger partial charge in [-0.25, -0.2) is 0 Å². The van der Waals surface area contributed by atoms with Crippen LogP contribution in [0.15, 0.2) is 23.4 Å². The Morgan fingerprint density at radius 1 is 1.21 bits per heavy atom. The summed E-state index contributed by atoms with van der Waals surface area (Å²) in [5.41, 5.74) is 0.799. The van der Waals surface area contributed by atoms with Gasteiger partial charge in [0, 0.05) is 24.5 Å². The van der Waals surface area contributed by atoms with Crippen LogP contribution in [0.4, 0.5) is 0 Å². The van der Waals surface area contributed by atoms with Crippen LogP contribution in [0.2, 0.25) is 0 Å². The number of nitrogens with zero attached hydrogens (tertiary/aromatic N) is 1. The predicted octanol–water partition coefficient (Wildman–Crippen LogP) is 4.37. The fourth-order valence-electron chi connectivity index (χ4n) is 2.31. The van der Waals surface area contributed by atoms with Gasteiger partial charge in [-0.15, -0.1) is 0 Å². The zero-order chi connectivity index (χ0) is 17.8. The Hall–Kier alpha value is -2.04. The van der Waals surface area contributed by atoms with Crippen molar-refractivity contribution in [3.63, 3.8) is 0 Å². The van der Waals surface area contributed by atoms with Gasteiger partial charge in [0.1, 0.15) is 23.4 Å². The molecule has 5 nitrogen and oxygen atoms in total. The molecule has 0 spiro atoms. The average Bonchev–Trinajstić information content (AvgIpc) is 2.61. The Balaban J connectivity index is 2.69. The summed E-state index contributed by atoms with van der Waals surface area (Å²) in [5.74, 6) is 1.58. The smallest absolute Gasteiger partial charge is 0.136 e. The molecule has 0 aliphatic heterocycles. The van der Waals surface area contributed by atoms with Crippen LogP contribution in [0.1, 0.15) is 57.9 Å². The summed E-state index contributed by atoms with van der Waals surface area (Å²) in [6.45, 7) is 4.03. The number of methoxy groups -OCH3 is 2. The second-order valence-electron chi connectivity index (χ2n) is 5.66. The number of rotatable bonds is 12. The summed E-state index contributed by atoms with van der Waals surface area (Å²) in [4.78, 5) is 17.3. The maximum absolute atomic E-state index is 11.7. The molecule has 1 atom stereocenters. The predicted molar refractivity (Wildman–Crippen MR) is 96.1 cm³/mol. The average molecular weight is 335 g/mol. The largest absolute Gasteiger partial charge is 0.497 e. The van der Waals surface area contributed by atoms with E-state index in [0.717, 1.165) is 37.0 Å². The highest BCUT2D eigenvalue weighted by atomic mass is 16.6. The zero-order valence-electron chi connectivity index (χ0n) is 15.2. The van der Waals surface area contributed by atoms with Gasteiger partial charge in [-0.2, -0.15) is 0 Å². The molecule has 24 heavy (non-hydrogen) atoms. The lowest BCUT2D eigenvalue weighted by Crippen LogP contribution is -2.15. The molecule has 0 heterocycles. The van der Waals surface area contributed by atoms with E-state index in [1.807, 2.05) is 19.1 Å². The van der Waals surface area contributed by atoms with Gasteiger partial charge in [0.2, 0.25) is 0 Å². The summed E-state index contributed by atoms with van der Waals surface area (Å²) in [6, 6.07) is 5.48. The highest BCUT2D eigenvalue weighted by molar-refractivity contribution is 5.83. The number of carbonyl (C=O) groups excluding carboxylic acids is 1. The topological polar surface area (TPSA) is 57.1 Å². The lowest BCUT2D eigenvalue weighted by Gasteiger charge is -2.14. The van der Waals surface area contributed by atoms with Crippen LogP contribution in [0.5, 0.6) is 11.5 Å².